The number of hydrogen-bond donors (Lipinski definition) is 0. The molecular weight excluding hydrogens is 187 g/mol. The maximum Gasteiger partial charge on any atom is 0.338 e. The van der Waals surface area contributed by atoms with Crippen LogP contribution in [0.15, 0.2) is 36.4 Å². The Hall–Kier alpha value is -1.77. The van der Waals surface area contributed by atoms with Gasteiger partial charge in [0.2, 0.25) is 0 Å². The third-order valence-corrected chi connectivity index (χ3v) is 2.29. The zero-order valence-corrected chi connectivity index (χ0v) is 8.36. The summed E-state index contributed by atoms with van der Waals surface area (Å²) in [6, 6.07) is 11.0. The van der Waals surface area contributed by atoms with Gasteiger partial charge in [-0.3, -0.25) is 0 Å². The maximum absolute atomic E-state index is 11.5. The van der Waals surface area contributed by atoms with Crippen LogP contribution in [0.2, 0.25) is 0 Å². The molecule has 0 spiro atoms. The summed E-state index contributed by atoms with van der Waals surface area (Å²) in [6.45, 7) is 0. The van der Waals surface area contributed by atoms with Crippen LogP contribution in [0.4, 0.5) is 0 Å². The van der Waals surface area contributed by atoms with Gasteiger partial charge in [-0.1, -0.05) is 41.9 Å². The van der Waals surface area contributed by atoms with Gasteiger partial charge in [-0.2, -0.15) is 0 Å². The first-order valence-electron chi connectivity index (χ1n) is 4.59. The lowest BCUT2D eigenvalue weighted by Gasteiger charge is -2.06. The fourth-order valence-electron chi connectivity index (χ4n) is 1.61. The van der Waals surface area contributed by atoms with E-state index in [0.717, 1.165) is 10.8 Å². The average Bonchev–Trinajstić information content (AvgIpc) is 2.26. The fourth-order valence-corrected chi connectivity index (χ4v) is 1.61. The minimum Gasteiger partial charge on any atom is -0.465 e. The molecule has 0 aliphatic heterocycles. The van der Waals surface area contributed by atoms with Crippen LogP contribution < -0.4 is 5.46 Å². The van der Waals surface area contributed by atoms with E-state index in [1.807, 2.05) is 30.3 Å². The van der Waals surface area contributed by atoms with Gasteiger partial charge in [-0.05, 0) is 10.8 Å². The Labute approximate surface area is 89.3 Å². The molecule has 15 heavy (non-hydrogen) atoms. The summed E-state index contributed by atoms with van der Waals surface area (Å²) in [5.74, 6) is -0.362. The van der Waals surface area contributed by atoms with Gasteiger partial charge in [-0.25, -0.2) is 4.79 Å². The molecular formula is C12H9BO2. The van der Waals surface area contributed by atoms with Gasteiger partial charge >= 0.3 is 5.97 Å². The Morgan fingerprint density at radius 2 is 2.00 bits per heavy atom. The molecule has 0 bridgehead atoms. The van der Waals surface area contributed by atoms with Crippen molar-refractivity contribution in [3.8, 4) is 0 Å². The van der Waals surface area contributed by atoms with Gasteiger partial charge < -0.3 is 4.74 Å². The Balaban J connectivity index is 2.76. The number of hydrogen-bond acceptors (Lipinski definition) is 2. The molecule has 0 saturated carbocycles. The standard InChI is InChI=1S/C12H9BO2/c1-15-12(14)11-7-9(13)6-8-4-2-3-5-10(8)11/h2-7H,1H3. The molecule has 2 aromatic carbocycles. The van der Waals surface area contributed by atoms with Crippen molar-refractivity contribution in [3.63, 3.8) is 0 Å². The van der Waals surface area contributed by atoms with Crippen molar-refractivity contribution in [3.05, 3.63) is 42.0 Å². The van der Waals surface area contributed by atoms with Crippen molar-refractivity contribution in [2.24, 2.45) is 0 Å². The van der Waals surface area contributed by atoms with E-state index in [1.165, 1.54) is 7.11 Å². The molecule has 0 aliphatic carbocycles. The van der Waals surface area contributed by atoms with Gasteiger partial charge in [0.05, 0.1) is 12.7 Å². The monoisotopic (exact) mass is 196 g/mol. The number of ether oxygens (including phenoxy) is 1. The lowest BCUT2D eigenvalue weighted by atomic mass is 9.90. The first-order valence-corrected chi connectivity index (χ1v) is 4.59. The van der Waals surface area contributed by atoms with E-state index in [2.05, 4.69) is 0 Å². The van der Waals surface area contributed by atoms with Crippen LogP contribution in [-0.2, 0) is 4.74 Å². The number of methoxy groups -OCH3 is 1. The number of benzene rings is 2. The summed E-state index contributed by atoms with van der Waals surface area (Å²) in [5, 5.41) is 1.80. The van der Waals surface area contributed by atoms with E-state index < -0.39 is 0 Å². The Kier molecular flexibility index (Phi) is 2.46. The van der Waals surface area contributed by atoms with E-state index >= 15 is 0 Å². The first kappa shape index (κ1) is 9.78. The molecule has 0 aliphatic rings. The van der Waals surface area contributed by atoms with Crippen molar-refractivity contribution >= 4 is 30.1 Å². The normalized spacial score (nSPS) is 10.2. The van der Waals surface area contributed by atoms with Crippen molar-refractivity contribution < 1.29 is 9.53 Å². The van der Waals surface area contributed by atoms with Gasteiger partial charge in [0.25, 0.3) is 0 Å². The predicted octanol–water partition coefficient (Wildman–Crippen LogP) is 1.42. The molecule has 72 valence electrons. The summed E-state index contributed by atoms with van der Waals surface area (Å²) >= 11 is 0. The zero-order chi connectivity index (χ0) is 10.8. The summed E-state index contributed by atoms with van der Waals surface area (Å²) in [6.07, 6.45) is 0. The Morgan fingerprint density at radius 3 is 2.73 bits per heavy atom. The highest BCUT2D eigenvalue weighted by molar-refractivity contribution is 6.34. The SMILES string of the molecule is [B]c1cc(C(=O)OC)c2ccccc2c1. The lowest BCUT2D eigenvalue weighted by Crippen LogP contribution is -2.09. The van der Waals surface area contributed by atoms with Crippen LogP contribution in [-0.4, -0.2) is 20.9 Å². The van der Waals surface area contributed by atoms with E-state index in [4.69, 9.17) is 12.6 Å². The molecule has 2 radical (unpaired) electrons. The molecule has 0 aromatic heterocycles. The molecule has 0 atom stereocenters. The summed E-state index contributed by atoms with van der Waals surface area (Å²) in [5.41, 5.74) is 1.07. The second-order valence-electron chi connectivity index (χ2n) is 3.28. The van der Waals surface area contributed by atoms with Crippen LogP contribution in [0, 0.1) is 0 Å². The number of rotatable bonds is 1. The quantitative estimate of drug-likeness (QED) is 0.509. The number of esters is 1. The van der Waals surface area contributed by atoms with Crippen molar-refractivity contribution in [2.45, 2.75) is 0 Å². The van der Waals surface area contributed by atoms with Crippen molar-refractivity contribution in [1.29, 1.82) is 0 Å². The predicted molar refractivity (Wildman–Crippen MR) is 60.7 cm³/mol. The van der Waals surface area contributed by atoms with Gasteiger partial charge in [0.15, 0.2) is 0 Å². The highest BCUT2D eigenvalue weighted by atomic mass is 16.5. The average molecular weight is 196 g/mol. The lowest BCUT2D eigenvalue weighted by molar-refractivity contribution is 0.0603. The van der Waals surface area contributed by atoms with E-state index in [0.29, 0.717) is 11.0 Å². The van der Waals surface area contributed by atoms with Gasteiger partial charge in [-0.15, -0.1) is 0 Å². The van der Waals surface area contributed by atoms with Crippen LogP contribution in [0.5, 0.6) is 0 Å². The fraction of sp³-hybridized carbons (Fsp3) is 0.0833. The molecule has 0 saturated heterocycles. The van der Waals surface area contributed by atoms with E-state index in [-0.39, 0.29) is 5.97 Å². The molecule has 0 unspecified atom stereocenters. The number of fused-ring (bicyclic) bond motifs is 1. The van der Waals surface area contributed by atoms with E-state index in [1.54, 1.807) is 6.07 Å². The van der Waals surface area contributed by atoms with Gasteiger partial charge in [0.1, 0.15) is 7.85 Å². The topological polar surface area (TPSA) is 26.3 Å². The Morgan fingerprint density at radius 1 is 1.27 bits per heavy atom. The van der Waals surface area contributed by atoms with Crippen LogP contribution in [0.1, 0.15) is 10.4 Å². The molecule has 0 N–H and O–H groups in total. The Bertz CT molecular complexity index is 520. The van der Waals surface area contributed by atoms with Crippen LogP contribution >= 0.6 is 0 Å². The molecule has 0 heterocycles. The summed E-state index contributed by atoms with van der Waals surface area (Å²) < 4.78 is 4.70. The summed E-state index contributed by atoms with van der Waals surface area (Å²) in [4.78, 5) is 11.5. The maximum atomic E-state index is 11.5. The third kappa shape index (κ3) is 1.73. The highest BCUT2D eigenvalue weighted by Gasteiger charge is 2.09. The molecule has 3 heteroatoms. The minimum atomic E-state index is -0.362. The minimum absolute atomic E-state index is 0.362. The smallest absolute Gasteiger partial charge is 0.338 e. The number of carbonyl (C=O) groups excluding carboxylic acids is 1. The third-order valence-electron chi connectivity index (χ3n) is 2.29. The van der Waals surface area contributed by atoms with Crippen molar-refractivity contribution in [1.82, 2.24) is 0 Å². The molecule has 2 nitrogen and oxygen atoms in total. The largest absolute Gasteiger partial charge is 0.465 e. The molecule has 2 rings (SSSR count). The second kappa shape index (κ2) is 3.77. The molecule has 0 fully saturated rings. The second-order valence-corrected chi connectivity index (χ2v) is 3.28. The number of carbonyl (C=O) groups is 1. The van der Waals surface area contributed by atoms with E-state index in [9.17, 15) is 4.79 Å². The van der Waals surface area contributed by atoms with Crippen LogP contribution in [0.3, 0.4) is 0 Å². The first-order chi connectivity index (χ1) is 7.22. The molecule has 2 aromatic rings. The molecule has 0 amide bonds. The van der Waals surface area contributed by atoms with Gasteiger partial charge in [0, 0.05) is 0 Å². The zero-order valence-electron chi connectivity index (χ0n) is 8.36. The van der Waals surface area contributed by atoms with Crippen LogP contribution in [0.25, 0.3) is 10.8 Å². The van der Waals surface area contributed by atoms with Crippen molar-refractivity contribution in [2.75, 3.05) is 7.11 Å². The highest BCUT2D eigenvalue weighted by Crippen LogP contribution is 2.17. The summed E-state index contributed by atoms with van der Waals surface area (Å²) in [7, 11) is 7.07.